The Kier molecular flexibility index (Phi) is 8.88. The second kappa shape index (κ2) is 12.1. The highest BCUT2D eigenvalue weighted by molar-refractivity contribution is 5.76. The fourth-order valence-corrected chi connectivity index (χ4v) is 4.96. The number of nitrogens with one attached hydrogen (secondary N) is 2. The topological polar surface area (TPSA) is 91.2 Å². The number of hydrogen-bond acceptors (Lipinski definition) is 7. The Labute approximate surface area is 215 Å². The lowest BCUT2D eigenvalue weighted by molar-refractivity contribution is -0.137. The zero-order valence-electron chi connectivity index (χ0n) is 21.6. The highest BCUT2D eigenvalue weighted by Crippen LogP contribution is 2.34. The number of nitrogens with zero attached hydrogens (tertiary/aromatic N) is 6. The molecule has 4 heterocycles. The lowest BCUT2D eigenvalue weighted by Crippen LogP contribution is -2.36. The summed E-state index contributed by atoms with van der Waals surface area (Å²) in [7, 11) is 0. The molecule has 2 saturated heterocycles. The third kappa shape index (κ3) is 6.91. The lowest BCUT2D eigenvalue weighted by atomic mass is 10.1. The summed E-state index contributed by atoms with van der Waals surface area (Å²) in [4.78, 5) is 24.3. The van der Waals surface area contributed by atoms with Gasteiger partial charge < -0.3 is 20.4 Å². The number of alkyl halides is 3. The average molecular weight is 523 g/mol. The number of piperidine rings is 2. The van der Waals surface area contributed by atoms with Crippen molar-refractivity contribution < 1.29 is 18.0 Å². The van der Waals surface area contributed by atoms with Crippen molar-refractivity contribution in [1.29, 1.82) is 0 Å². The van der Waals surface area contributed by atoms with E-state index in [9.17, 15) is 18.0 Å². The number of aromatic nitrogens is 4. The number of likely N-dealkylation sites (tertiary alicyclic amines) is 2. The summed E-state index contributed by atoms with van der Waals surface area (Å²) in [5.41, 5.74) is 0.609. The first-order valence-corrected chi connectivity index (χ1v) is 13.3. The van der Waals surface area contributed by atoms with Gasteiger partial charge in [0.15, 0.2) is 0 Å². The standard InChI is InChI=1S/C25H37F3N8O/c1-3-20-21(17-36(33-20)18-9-14-34(4-2)15-10-18)31-24-30-16-19(25(26,27)28)23(32-24)29-11-7-13-35-12-6-5-8-22(35)37/h16-18H,3-15H2,1-2H3,(H2,29,30,31,32). The zero-order valence-corrected chi connectivity index (χ0v) is 21.6. The normalized spacial score (nSPS) is 17.9. The summed E-state index contributed by atoms with van der Waals surface area (Å²) in [6.07, 6.45) is 3.75. The van der Waals surface area contributed by atoms with Gasteiger partial charge in [-0.1, -0.05) is 13.8 Å². The fourth-order valence-electron chi connectivity index (χ4n) is 4.96. The predicted octanol–water partition coefficient (Wildman–Crippen LogP) is 4.47. The molecule has 37 heavy (non-hydrogen) atoms. The quantitative estimate of drug-likeness (QED) is 0.445. The van der Waals surface area contributed by atoms with Crippen LogP contribution in [0, 0.1) is 0 Å². The maximum Gasteiger partial charge on any atom is 0.421 e. The summed E-state index contributed by atoms with van der Waals surface area (Å²) >= 11 is 0. The average Bonchev–Trinajstić information content (AvgIpc) is 3.29. The molecule has 2 aromatic rings. The third-order valence-corrected chi connectivity index (χ3v) is 7.18. The van der Waals surface area contributed by atoms with Crippen LogP contribution in [0.5, 0.6) is 0 Å². The molecule has 0 bridgehead atoms. The van der Waals surface area contributed by atoms with Crippen molar-refractivity contribution in [3.63, 3.8) is 0 Å². The zero-order chi connectivity index (χ0) is 26.4. The molecule has 0 radical (unpaired) electrons. The SMILES string of the molecule is CCc1nn(C2CCN(CC)CC2)cc1Nc1ncc(C(F)(F)F)c(NCCCN2CCCCC2=O)n1. The number of anilines is 3. The number of halogens is 3. The molecule has 4 rings (SSSR count). The van der Waals surface area contributed by atoms with Crippen LogP contribution in [0.15, 0.2) is 12.4 Å². The van der Waals surface area contributed by atoms with E-state index < -0.39 is 11.7 Å². The summed E-state index contributed by atoms with van der Waals surface area (Å²) in [6, 6.07) is 0.293. The molecule has 204 valence electrons. The number of aryl methyl sites for hydroxylation is 1. The van der Waals surface area contributed by atoms with E-state index in [4.69, 9.17) is 5.10 Å². The van der Waals surface area contributed by atoms with E-state index in [1.807, 2.05) is 17.8 Å². The van der Waals surface area contributed by atoms with Gasteiger partial charge in [-0.05, 0) is 45.1 Å². The van der Waals surface area contributed by atoms with Crippen molar-refractivity contribution in [2.24, 2.45) is 0 Å². The van der Waals surface area contributed by atoms with Crippen molar-refractivity contribution in [2.75, 3.05) is 49.9 Å². The Morgan fingerprint density at radius 3 is 2.59 bits per heavy atom. The number of rotatable bonds is 10. The molecule has 12 heteroatoms. The van der Waals surface area contributed by atoms with Crippen LogP contribution in [0.3, 0.4) is 0 Å². The van der Waals surface area contributed by atoms with Crippen LogP contribution in [0.25, 0.3) is 0 Å². The largest absolute Gasteiger partial charge is 0.421 e. The Hall–Kier alpha value is -2.89. The van der Waals surface area contributed by atoms with Crippen LogP contribution < -0.4 is 10.6 Å². The van der Waals surface area contributed by atoms with Gasteiger partial charge in [0.05, 0.1) is 17.4 Å². The molecule has 0 unspecified atom stereocenters. The summed E-state index contributed by atoms with van der Waals surface area (Å²) in [5.74, 6) is -0.0805. The highest BCUT2D eigenvalue weighted by Gasteiger charge is 2.35. The highest BCUT2D eigenvalue weighted by atomic mass is 19.4. The molecule has 1 amide bonds. The maximum atomic E-state index is 13.6. The maximum absolute atomic E-state index is 13.6. The van der Waals surface area contributed by atoms with E-state index in [0.29, 0.717) is 44.1 Å². The van der Waals surface area contributed by atoms with Crippen LogP contribution in [-0.4, -0.2) is 74.7 Å². The summed E-state index contributed by atoms with van der Waals surface area (Å²) in [5, 5.41) is 10.7. The fraction of sp³-hybridized carbons (Fsp3) is 0.680. The van der Waals surface area contributed by atoms with E-state index in [1.165, 1.54) is 0 Å². The Morgan fingerprint density at radius 2 is 1.92 bits per heavy atom. The van der Waals surface area contributed by atoms with E-state index >= 15 is 0 Å². The first-order chi connectivity index (χ1) is 17.8. The van der Waals surface area contributed by atoms with E-state index in [-0.39, 0.29) is 24.2 Å². The van der Waals surface area contributed by atoms with Gasteiger partial charge in [0.1, 0.15) is 11.4 Å². The first-order valence-electron chi connectivity index (χ1n) is 13.3. The van der Waals surface area contributed by atoms with Crippen molar-refractivity contribution in [3.05, 3.63) is 23.7 Å². The van der Waals surface area contributed by atoms with E-state index in [2.05, 4.69) is 32.4 Å². The molecule has 0 aliphatic carbocycles. The van der Waals surface area contributed by atoms with Crippen molar-refractivity contribution in [2.45, 2.75) is 71.0 Å². The number of amides is 1. The van der Waals surface area contributed by atoms with Crippen LogP contribution in [0.2, 0.25) is 0 Å². The van der Waals surface area contributed by atoms with Crippen LogP contribution in [0.4, 0.5) is 30.6 Å². The second-order valence-corrected chi connectivity index (χ2v) is 9.69. The van der Waals surface area contributed by atoms with Gasteiger partial charge in [0.2, 0.25) is 11.9 Å². The van der Waals surface area contributed by atoms with Gasteiger partial charge in [0, 0.05) is 51.5 Å². The molecule has 0 saturated carbocycles. The van der Waals surface area contributed by atoms with Crippen LogP contribution >= 0.6 is 0 Å². The number of carbonyl (C=O) groups is 1. The van der Waals surface area contributed by atoms with Gasteiger partial charge in [-0.15, -0.1) is 0 Å². The van der Waals surface area contributed by atoms with Gasteiger partial charge in [-0.3, -0.25) is 9.48 Å². The molecule has 0 spiro atoms. The van der Waals surface area contributed by atoms with E-state index in [1.54, 1.807) is 4.90 Å². The van der Waals surface area contributed by atoms with Crippen LogP contribution in [0.1, 0.15) is 69.7 Å². The molecule has 0 atom stereocenters. The Balaban J connectivity index is 1.44. The minimum Gasteiger partial charge on any atom is -0.369 e. The molecular formula is C25H37F3N8O. The van der Waals surface area contributed by atoms with Crippen molar-refractivity contribution >= 4 is 23.4 Å². The summed E-state index contributed by atoms with van der Waals surface area (Å²) in [6.45, 7) is 8.72. The molecule has 2 fully saturated rings. The molecular weight excluding hydrogens is 485 g/mol. The monoisotopic (exact) mass is 522 g/mol. The van der Waals surface area contributed by atoms with Gasteiger partial charge in [0.25, 0.3) is 0 Å². The minimum atomic E-state index is -4.59. The van der Waals surface area contributed by atoms with Gasteiger partial charge in [-0.2, -0.15) is 23.3 Å². The van der Waals surface area contributed by atoms with Crippen molar-refractivity contribution in [1.82, 2.24) is 29.5 Å². The smallest absolute Gasteiger partial charge is 0.369 e. The first kappa shape index (κ1) is 27.2. The lowest BCUT2D eigenvalue weighted by Gasteiger charge is -2.31. The van der Waals surface area contributed by atoms with Crippen LogP contribution in [-0.2, 0) is 17.4 Å². The van der Waals surface area contributed by atoms with Gasteiger partial charge >= 0.3 is 6.18 Å². The van der Waals surface area contributed by atoms with Gasteiger partial charge in [-0.25, -0.2) is 4.98 Å². The second-order valence-electron chi connectivity index (χ2n) is 9.69. The number of hydrogen-bond donors (Lipinski definition) is 2. The van der Waals surface area contributed by atoms with E-state index in [0.717, 1.165) is 57.2 Å². The molecule has 0 aromatic carbocycles. The minimum absolute atomic E-state index is 0.0803. The molecule has 2 aromatic heterocycles. The molecule has 2 aliphatic rings. The predicted molar refractivity (Wildman–Crippen MR) is 136 cm³/mol. The summed E-state index contributed by atoms with van der Waals surface area (Å²) < 4.78 is 42.9. The number of carbonyl (C=O) groups excluding carboxylic acids is 1. The molecule has 2 aliphatic heterocycles. The Morgan fingerprint density at radius 1 is 1.14 bits per heavy atom. The Bertz CT molecular complexity index is 1050. The third-order valence-electron chi connectivity index (χ3n) is 7.18. The van der Waals surface area contributed by atoms with Crippen molar-refractivity contribution in [3.8, 4) is 0 Å². The molecule has 2 N–H and O–H groups in total. The molecule has 9 nitrogen and oxygen atoms in total.